The zero-order valence-electron chi connectivity index (χ0n) is 13.0. The fourth-order valence-corrected chi connectivity index (χ4v) is 2.88. The molecule has 0 amide bonds. The van der Waals surface area contributed by atoms with Crippen LogP contribution >= 0.6 is 0 Å². The van der Waals surface area contributed by atoms with E-state index in [2.05, 4.69) is 44.5 Å². The average molecular weight is 268 g/mol. The molecule has 0 radical (unpaired) electrons. The molecule has 1 aliphatic rings. The lowest BCUT2D eigenvalue weighted by atomic mass is 9.69. The van der Waals surface area contributed by atoms with Crippen molar-refractivity contribution in [2.45, 2.75) is 47.0 Å². The summed E-state index contributed by atoms with van der Waals surface area (Å²) in [4.78, 5) is 3.17. The molecule has 20 heavy (non-hydrogen) atoms. The molecule has 1 saturated carbocycles. The second-order valence-corrected chi connectivity index (χ2v) is 6.97. The van der Waals surface area contributed by atoms with Gasteiger partial charge in [0.05, 0.1) is 0 Å². The van der Waals surface area contributed by atoms with Crippen LogP contribution in [0.1, 0.15) is 57.0 Å². The highest BCUT2D eigenvalue weighted by Crippen LogP contribution is 2.42. The van der Waals surface area contributed by atoms with Crippen molar-refractivity contribution >= 4 is 6.08 Å². The van der Waals surface area contributed by atoms with Gasteiger partial charge in [-0.05, 0) is 60.8 Å². The van der Waals surface area contributed by atoms with E-state index < -0.39 is 0 Å². The summed E-state index contributed by atoms with van der Waals surface area (Å²) >= 11 is 0. The Morgan fingerprint density at radius 1 is 1.45 bits per heavy atom. The maximum Gasteiger partial charge on any atom is 0.118 e. The van der Waals surface area contributed by atoms with E-state index in [1.54, 1.807) is 0 Å². The number of aromatic amines is 1. The maximum atomic E-state index is 8.96. The summed E-state index contributed by atoms with van der Waals surface area (Å²) in [6, 6.07) is 4.06. The molecule has 2 rings (SSSR count). The van der Waals surface area contributed by atoms with Crippen LogP contribution in [0.15, 0.2) is 23.8 Å². The van der Waals surface area contributed by atoms with Gasteiger partial charge in [0.25, 0.3) is 0 Å². The van der Waals surface area contributed by atoms with Crippen molar-refractivity contribution in [1.29, 1.82) is 5.26 Å². The third-order valence-corrected chi connectivity index (χ3v) is 4.43. The first-order chi connectivity index (χ1) is 9.31. The first-order valence-corrected chi connectivity index (χ1v) is 7.29. The number of allylic oxidation sites excluding steroid dienone is 2. The van der Waals surface area contributed by atoms with Gasteiger partial charge in [-0.3, -0.25) is 0 Å². The van der Waals surface area contributed by atoms with E-state index in [0.29, 0.717) is 17.0 Å². The monoisotopic (exact) mass is 268 g/mol. The minimum atomic E-state index is 0.336. The number of hydrogen-bond acceptors (Lipinski definition) is 1. The molecule has 0 bridgehead atoms. The normalized spacial score (nSPS) is 22.1. The van der Waals surface area contributed by atoms with Crippen LogP contribution in [0.5, 0.6) is 0 Å². The highest BCUT2D eigenvalue weighted by Gasteiger charge is 2.29. The van der Waals surface area contributed by atoms with Crippen molar-refractivity contribution in [1.82, 2.24) is 4.98 Å². The Hall–Kier alpha value is -1.75. The predicted molar refractivity (Wildman–Crippen MR) is 84.2 cm³/mol. The predicted octanol–water partition coefficient (Wildman–Crippen LogP) is 4.98. The standard InChI is InChI=1S/C18H24N2/c1-12-6-7-15(18(3,4)5)9-14(12)10-17-13(2)8-16(11-19)20-17/h8,10,15,20H,1,6-7,9H2,2-5H3/b14-10-. The van der Waals surface area contributed by atoms with Crippen LogP contribution in [0.25, 0.3) is 6.08 Å². The number of H-pyrrole nitrogens is 1. The van der Waals surface area contributed by atoms with Crippen LogP contribution in [0.2, 0.25) is 0 Å². The average Bonchev–Trinajstić information content (AvgIpc) is 2.71. The van der Waals surface area contributed by atoms with Gasteiger partial charge in [-0.15, -0.1) is 0 Å². The topological polar surface area (TPSA) is 39.6 Å². The number of aryl methyl sites for hydroxylation is 1. The molecule has 1 atom stereocenters. The van der Waals surface area contributed by atoms with Crippen molar-refractivity contribution < 1.29 is 0 Å². The lowest BCUT2D eigenvalue weighted by Gasteiger charge is -2.36. The second-order valence-electron chi connectivity index (χ2n) is 6.97. The molecule has 0 aliphatic heterocycles. The molecule has 2 nitrogen and oxygen atoms in total. The third kappa shape index (κ3) is 3.04. The zero-order chi connectivity index (χ0) is 14.9. The van der Waals surface area contributed by atoms with Gasteiger partial charge in [0.1, 0.15) is 11.8 Å². The summed E-state index contributed by atoms with van der Waals surface area (Å²) in [5.74, 6) is 0.699. The summed E-state index contributed by atoms with van der Waals surface area (Å²) in [6.45, 7) is 13.2. The quantitative estimate of drug-likeness (QED) is 0.766. The van der Waals surface area contributed by atoms with Crippen LogP contribution in [0.3, 0.4) is 0 Å². The summed E-state index contributed by atoms with van der Waals surface area (Å²) in [6.07, 6.45) is 5.59. The van der Waals surface area contributed by atoms with Crippen LogP contribution in [-0.4, -0.2) is 4.98 Å². The number of nitriles is 1. The van der Waals surface area contributed by atoms with Gasteiger partial charge < -0.3 is 4.98 Å². The number of nitrogens with zero attached hydrogens (tertiary/aromatic N) is 1. The Morgan fingerprint density at radius 2 is 2.15 bits per heavy atom. The summed E-state index contributed by atoms with van der Waals surface area (Å²) < 4.78 is 0. The molecule has 0 aromatic carbocycles. The molecule has 0 spiro atoms. The summed E-state index contributed by atoms with van der Waals surface area (Å²) in [5.41, 5.74) is 5.72. The molecule has 1 heterocycles. The van der Waals surface area contributed by atoms with Gasteiger partial charge in [0, 0.05) is 5.69 Å². The van der Waals surface area contributed by atoms with Crippen molar-refractivity contribution in [3.63, 3.8) is 0 Å². The molecule has 106 valence electrons. The van der Waals surface area contributed by atoms with E-state index in [1.165, 1.54) is 17.6 Å². The van der Waals surface area contributed by atoms with Crippen LogP contribution in [-0.2, 0) is 0 Å². The van der Waals surface area contributed by atoms with Crippen LogP contribution < -0.4 is 0 Å². The fourth-order valence-electron chi connectivity index (χ4n) is 2.88. The molecular weight excluding hydrogens is 244 g/mol. The second kappa shape index (κ2) is 5.32. The van der Waals surface area contributed by atoms with Gasteiger partial charge in [-0.1, -0.05) is 32.9 Å². The van der Waals surface area contributed by atoms with Crippen LogP contribution in [0, 0.1) is 29.6 Å². The number of hydrogen-bond donors (Lipinski definition) is 1. The Balaban J connectivity index is 2.29. The summed E-state index contributed by atoms with van der Waals surface area (Å²) in [5, 5.41) is 8.96. The summed E-state index contributed by atoms with van der Waals surface area (Å²) in [7, 11) is 0. The van der Waals surface area contributed by atoms with Gasteiger partial charge >= 0.3 is 0 Å². The first-order valence-electron chi connectivity index (χ1n) is 7.29. The van der Waals surface area contributed by atoms with Crippen LogP contribution in [0.4, 0.5) is 0 Å². The van der Waals surface area contributed by atoms with E-state index in [0.717, 1.165) is 24.1 Å². The van der Waals surface area contributed by atoms with Gasteiger partial charge in [-0.2, -0.15) is 5.26 Å². The van der Waals surface area contributed by atoms with E-state index in [-0.39, 0.29) is 0 Å². The molecule has 1 N–H and O–H groups in total. The molecule has 1 unspecified atom stereocenters. The molecule has 2 heteroatoms. The van der Waals surface area contributed by atoms with Crippen molar-refractivity contribution in [3.8, 4) is 6.07 Å². The largest absolute Gasteiger partial charge is 0.347 e. The minimum absolute atomic E-state index is 0.336. The van der Waals surface area contributed by atoms with E-state index >= 15 is 0 Å². The number of nitrogens with one attached hydrogen (secondary N) is 1. The molecule has 1 fully saturated rings. The molecule has 1 aromatic heterocycles. The van der Waals surface area contributed by atoms with Gasteiger partial charge in [-0.25, -0.2) is 0 Å². The Morgan fingerprint density at radius 3 is 2.70 bits per heavy atom. The van der Waals surface area contributed by atoms with E-state index in [9.17, 15) is 0 Å². The smallest absolute Gasteiger partial charge is 0.118 e. The molecule has 1 aliphatic carbocycles. The minimum Gasteiger partial charge on any atom is -0.347 e. The van der Waals surface area contributed by atoms with Crippen molar-refractivity contribution in [2.24, 2.45) is 11.3 Å². The zero-order valence-corrected chi connectivity index (χ0v) is 13.0. The van der Waals surface area contributed by atoms with Gasteiger partial charge in [0.15, 0.2) is 0 Å². The Labute approximate surface area is 122 Å². The molecule has 1 aromatic rings. The van der Waals surface area contributed by atoms with Crippen molar-refractivity contribution in [3.05, 3.63) is 40.7 Å². The first kappa shape index (κ1) is 14.7. The highest BCUT2D eigenvalue weighted by molar-refractivity contribution is 5.60. The number of rotatable bonds is 1. The molecule has 0 saturated heterocycles. The molecular formula is C18H24N2. The lowest BCUT2D eigenvalue weighted by molar-refractivity contribution is 0.216. The number of aromatic nitrogens is 1. The Kier molecular flexibility index (Phi) is 3.90. The maximum absolute atomic E-state index is 8.96. The van der Waals surface area contributed by atoms with Crippen molar-refractivity contribution in [2.75, 3.05) is 0 Å². The van der Waals surface area contributed by atoms with E-state index in [1.807, 2.05) is 13.0 Å². The fraction of sp³-hybridized carbons (Fsp3) is 0.500. The van der Waals surface area contributed by atoms with E-state index in [4.69, 9.17) is 5.26 Å². The highest BCUT2D eigenvalue weighted by atomic mass is 14.7. The van der Waals surface area contributed by atoms with Gasteiger partial charge in [0.2, 0.25) is 0 Å². The Bertz CT molecular complexity index is 588. The lowest BCUT2D eigenvalue weighted by Crippen LogP contribution is -2.24. The SMILES string of the molecule is C=C1CCC(C(C)(C)C)C/C1=C/c1[nH]c(C#N)cc1C. The third-order valence-electron chi connectivity index (χ3n) is 4.43.